The van der Waals surface area contributed by atoms with Crippen LogP contribution in [0.1, 0.15) is 113 Å². The summed E-state index contributed by atoms with van der Waals surface area (Å²) in [6.07, 6.45) is 7.19. The van der Waals surface area contributed by atoms with Crippen molar-refractivity contribution in [2.45, 2.75) is 119 Å². The molecule has 2 saturated carbocycles. The number of ketones is 1. The Hall–Kier alpha value is -2.22. The van der Waals surface area contributed by atoms with Crippen LogP contribution >= 0.6 is 0 Å². The minimum atomic E-state index is -1.17. The Balaban J connectivity index is 1.57. The minimum Gasteiger partial charge on any atom is -0.481 e. The molecule has 4 aliphatic carbocycles. The van der Waals surface area contributed by atoms with Gasteiger partial charge in [-0.05, 0) is 85.4 Å². The van der Waals surface area contributed by atoms with Crippen molar-refractivity contribution in [2.24, 2.45) is 51.2 Å². The Bertz CT molecular complexity index is 1150. The van der Waals surface area contributed by atoms with Gasteiger partial charge in [-0.25, -0.2) is 0 Å². The molecule has 0 heterocycles. The normalized spacial score (nSPS) is 37.5. The first-order valence-corrected chi connectivity index (χ1v) is 15.9. The standard InChI is InChI=1S/C34H52O8/c1-19(16-25(36)21(18-35)20(2)30(40)41)22-10-14-34(7)24-8-9-26-31(3,4)27(42-29(39)17-28(37)38)12-13-32(26,5)23(24)11-15-33(22,34)6/h19-22,26-27,35H,8-18H2,1-7H3,(H,37,38)(H,40,41)/t19-,20?,21?,22-,26+,27-,32-,33-,34+/m1/s1. The molecule has 0 aromatic rings. The van der Waals surface area contributed by atoms with Crippen LogP contribution in [-0.2, 0) is 23.9 Å². The van der Waals surface area contributed by atoms with E-state index in [2.05, 4.69) is 41.5 Å². The summed E-state index contributed by atoms with van der Waals surface area (Å²) >= 11 is 0. The third-order valence-electron chi connectivity index (χ3n) is 13.1. The zero-order valence-electron chi connectivity index (χ0n) is 26.6. The van der Waals surface area contributed by atoms with E-state index in [0.717, 1.165) is 51.4 Å². The van der Waals surface area contributed by atoms with Gasteiger partial charge in [-0.3, -0.25) is 19.2 Å². The molecule has 2 unspecified atom stereocenters. The van der Waals surface area contributed by atoms with Crippen LogP contribution in [0, 0.1) is 51.2 Å². The number of aliphatic carboxylic acids is 2. The largest absolute Gasteiger partial charge is 0.481 e. The van der Waals surface area contributed by atoms with E-state index in [4.69, 9.17) is 9.84 Å². The van der Waals surface area contributed by atoms with E-state index in [0.29, 0.717) is 18.3 Å². The smallest absolute Gasteiger partial charge is 0.317 e. The molecule has 8 nitrogen and oxygen atoms in total. The minimum absolute atomic E-state index is 0.00187. The highest BCUT2D eigenvalue weighted by atomic mass is 16.5. The van der Waals surface area contributed by atoms with E-state index in [1.807, 2.05) is 0 Å². The second-order valence-electron chi connectivity index (χ2n) is 15.3. The summed E-state index contributed by atoms with van der Waals surface area (Å²) in [5.41, 5.74) is 2.96. The van der Waals surface area contributed by atoms with E-state index in [9.17, 15) is 29.4 Å². The van der Waals surface area contributed by atoms with Gasteiger partial charge in [0, 0.05) is 11.8 Å². The molecule has 8 heteroatoms. The Morgan fingerprint density at radius 2 is 1.57 bits per heavy atom. The zero-order chi connectivity index (χ0) is 31.4. The predicted molar refractivity (Wildman–Crippen MR) is 157 cm³/mol. The molecule has 0 aromatic carbocycles. The molecule has 3 N–H and O–H groups in total. The number of Topliss-reactive ketones (excluding diaryl/α,β-unsaturated/α-hetero) is 1. The van der Waals surface area contributed by atoms with Gasteiger partial charge in [-0.1, -0.05) is 59.6 Å². The van der Waals surface area contributed by atoms with Crippen molar-refractivity contribution in [2.75, 3.05) is 6.61 Å². The molecular weight excluding hydrogens is 536 g/mol. The van der Waals surface area contributed by atoms with Crippen molar-refractivity contribution in [3.63, 3.8) is 0 Å². The Kier molecular flexibility index (Phi) is 8.85. The lowest BCUT2D eigenvalue weighted by atomic mass is 9.43. The van der Waals surface area contributed by atoms with Gasteiger partial charge in [-0.15, -0.1) is 0 Å². The van der Waals surface area contributed by atoms with Crippen molar-refractivity contribution in [1.29, 1.82) is 0 Å². The van der Waals surface area contributed by atoms with E-state index in [1.165, 1.54) is 6.92 Å². The van der Waals surface area contributed by atoms with Crippen molar-refractivity contribution >= 4 is 23.7 Å². The third kappa shape index (κ3) is 5.13. The number of carboxylic acids is 2. The topological polar surface area (TPSA) is 138 Å². The number of allylic oxidation sites excluding steroid dienone is 2. The molecule has 236 valence electrons. The number of carbonyl (C=O) groups excluding carboxylic acids is 2. The van der Waals surface area contributed by atoms with E-state index in [1.54, 1.807) is 11.1 Å². The molecule has 0 saturated heterocycles. The number of rotatable bonds is 10. The van der Waals surface area contributed by atoms with Gasteiger partial charge < -0.3 is 20.1 Å². The Labute approximate surface area is 250 Å². The molecule has 9 atom stereocenters. The lowest BCUT2D eigenvalue weighted by Crippen LogP contribution is -2.56. The van der Waals surface area contributed by atoms with E-state index >= 15 is 0 Å². The highest BCUT2D eigenvalue weighted by Gasteiger charge is 2.63. The summed E-state index contributed by atoms with van der Waals surface area (Å²) in [5, 5.41) is 28.3. The van der Waals surface area contributed by atoms with Gasteiger partial charge in [0.1, 0.15) is 18.3 Å². The van der Waals surface area contributed by atoms with Crippen molar-refractivity contribution in [1.82, 2.24) is 0 Å². The van der Waals surface area contributed by atoms with E-state index < -0.39 is 42.8 Å². The summed E-state index contributed by atoms with van der Waals surface area (Å²) in [6, 6.07) is 0. The van der Waals surface area contributed by atoms with Crippen LogP contribution in [0.5, 0.6) is 0 Å². The van der Waals surface area contributed by atoms with Crippen LogP contribution in [0.3, 0.4) is 0 Å². The fourth-order valence-corrected chi connectivity index (χ4v) is 10.5. The number of ether oxygens (including phenoxy) is 1. The van der Waals surface area contributed by atoms with Crippen LogP contribution in [0.15, 0.2) is 11.1 Å². The third-order valence-corrected chi connectivity index (χ3v) is 13.1. The summed E-state index contributed by atoms with van der Waals surface area (Å²) in [6.45, 7) is 14.8. The molecule has 0 aromatic heterocycles. The molecule has 4 aliphatic rings. The number of fused-ring (bicyclic) bond motifs is 4. The molecule has 0 aliphatic heterocycles. The van der Waals surface area contributed by atoms with Crippen molar-refractivity contribution < 1.29 is 39.2 Å². The maximum Gasteiger partial charge on any atom is 0.317 e. The number of carbonyl (C=O) groups is 4. The highest BCUT2D eigenvalue weighted by molar-refractivity contribution is 5.90. The van der Waals surface area contributed by atoms with Gasteiger partial charge in [0.25, 0.3) is 0 Å². The van der Waals surface area contributed by atoms with Gasteiger partial charge in [0.05, 0.1) is 18.4 Å². The first kappa shape index (κ1) is 32.7. The number of carboxylic acid groups (broad SMARTS) is 2. The molecule has 42 heavy (non-hydrogen) atoms. The molecular formula is C34H52O8. The van der Waals surface area contributed by atoms with Crippen LogP contribution in [0.2, 0.25) is 0 Å². The molecule has 0 spiro atoms. The summed E-state index contributed by atoms with van der Waals surface area (Å²) in [5.74, 6) is -4.04. The van der Waals surface area contributed by atoms with E-state index in [-0.39, 0.29) is 39.5 Å². The van der Waals surface area contributed by atoms with Gasteiger partial charge in [-0.2, -0.15) is 0 Å². The van der Waals surface area contributed by atoms with Gasteiger partial charge in [0.2, 0.25) is 0 Å². The Morgan fingerprint density at radius 3 is 2.17 bits per heavy atom. The van der Waals surface area contributed by atoms with Crippen LogP contribution in [-0.4, -0.2) is 51.7 Å². The second kappa shape index (κ2) is 11.4. The molecule has 0 amide bonds. The fourth-order valence-electron chi connectivity index (χ4n) is 10.5. The number of hydrogen-bond acceptors (Lipinski definition) is 6. The molecule has 4 rings (SSSR count). The lowest BCUT2D eigenvalue weighted by Gasteiger charge is -2.62. The zero-order valence-corrected chi connectivity index (χ0v) is 26.6. The number of aliphatic hydroxyl groups is 1. The fraction of sp³-hybridized carbons (Fsp3) is 0.824. The maximum atomic E-state index is 13.2. The summed E-state index contributed by atoms with van der Waals surface area (Å²) in [4.78, 5) is 48.0. The first-order valence-electron chi connectivity index (χ1n) is 15.9. The highest BCUT2D eigenvalue weighted by Crippen LogP contribution is 2.72. The van der Waals surface area contributed by atoms with Crippen LogP contribution in [0.25, 0.3) is 0 Å². The number of hydrogen-bond donors (Lipinski definition) is 3. The lowest BCUT2D eigenvalue weighted by molar-refractivity contribution is -0.172. The quantitative estimate of drug-likeness (QED) is 0.159. The van der Waals surface area contributed by atoms with Crippen molar-refractivity contribution in [3.8, 4) is 0 Å². The molecule has 0 radical (unpaired) electrons. The second-order valence-corrected chi connectivity index (χ2v) is 15.3. The van der Waals surface area contributed by atoms with Gasteiger partial charge >= 0.3 is 17.9 Å². The first-order chi connectivity index (χ1) is 19.4. The van der Waals surface area contributed by atoms with Gasteiger partial charge in [0.15, 0.2) is 0 Å². The SMILES string of the molecule is CC(C(=O)O)C(CO)C(=O)C[C@@H](C)[C@H]1CC[C@@]2(C)C3=C(CC[C@]12C)[C@@]1(C)CC[C@@H](OC(=O)CC(=O)O)C(C)(C)[C@@H]1CC3. The summed E-state index contributed by atoms with van der Waals surface area (Å²) < 4.78 is 5.77. The molecule has 0 bridgehead atoms. The predicted octanol–water partition coefficient (Wildman–Crippen LogP) is 6.05. The van der Waals surface area contributed by atoms with Crippen LogP contribution in [0.4, 0.5) is 0 Å². The van der Waals surface area contributed by atoms with Crippen molar-refractivity contribution in [3.05, 3.63) is 11.1 Å². The molecule has 2 fully saturated rings. The summed E-state index contributed by atoms with van der Waals surface area (Å²) in [7, 11) is 0. The average molecular weight is 589 g/mol. The van der Waals surface area contributed by atoms with Crippen LogP contribution < -0.4 is 0 Å². The maximum absolute atomic E-state index is 13.2. The Morgan fingerprint density at radius 1 is 0.905 bits per heavy atom. The average Bonchev–Trinajstić information content (AvgIpc) is 3.17. The number of aliphatic hydroxyl groups excluding tert-OH is 1. The number of esters is 1. The monoisotopic (exact) mass is 588 g/mol.